The Morgan fingerprint density at radius 3 is 2.53 bits per heavy atom. The molecule has 0 saturated carbocycles. The van der Waals surface area contributed by atoms with Gasteiger partial charge in [0.2, 0.25) is 0 Å². The maximum atomic E-state index is 11.2. The molecule has 1 unspecified atom stereocenters. The van der Waals surface area contributed by atoms with Crippen molar-refractivity contribution < 1.29 is 19.8 Å². The normalized spacial score (nSPS) is 12.2. The number of Topliss-reactive ketones (excluding diaryl/α,β-unsaturated/α-hetero) is 1. The number of alkyl halides is 1. The van der Waals surface area contributed by atoms with Gasteiger partial charge in [-0.3, -0.25) is 4.79 Å². The number of halogens is 1. The smallest absolute Gasteiger partial charge is 0.337 e. The molecular weight excluding hydrogens is 308 g/mol. The van der Waals surface area contributed by atoms with Crippen LogP contribution in [0.15, 0.2) is 23.1 Å². The number of thiol groups is 1. The summed E-state index contributed by atoms with van der Waals surface area (Å²) < 4.78 is 0. The molecule has 1 atom stereocenters. The summed E-state index contributed by atoms with van der Waals surface area (Å²) in [6.07, 6.45) is -1.34. The van der Waals surface area contributed by atoms with Crippen molar-refractivity contribution in [1.29, 1.82) is 0 Å². The predicted octanol–water partition coefficient (Wildman–Crippen LogP) is 1.60. The Hall–Kier alpha value is -0.850. The van der Waals surface area contributed by atoms with Crippen molar-refractivity contribution >= 4 is 40.3 Å². The number of aliphatic hydroxyl groups is 1. The van der Waals surface area contributed by atoms with Crippen LogP contribution < -0.4 is 0 Å². The fourth-order valence-corrected chi connectivity index (χ4v) is 1.90. The Morgan fingerprint density at radius 1 is 1.41 bits per heavy atom. The highest BCUT2D eigenvalue weighted by Crippen LogP contribution is 2.23. The standard InChI is InChI=1S/C11H11BrO4S/c12-5-7(13)3-6-1-2-8(9(17)4-6)10(14)11(15)16/h1-2,4,10,14,17H,3,5H2,(H,15,16). The van der Waals surface area contributed by atoms with Gasteiger partial charge in [-0.05, 0) is 11.6 Å². The summed E-state index contributed by atoms with van der Waals surface area (Å²) in [7, 11) is 0. The first kappa shape index (κ1) is 14.2. The van der Waals surface area contributed by atoms with Crippen LogP contribution in [0.3, 0.4) is 0 Å². The van der Waals surface area contributed by atoms with E-state index in [2.05, 4.69) is 28.6 Å². The molecule has 17 heavy (non-hydrogen) atoms. The van der Waals surface area contributed by atoms with E-state index in [1.807, 2.05) is 0 Å². The SMILES string of the molecule is O=C(CBr)Cc1ccc(C(O)C(=O)O)c(S)c1. The summed E-state index contributed by atoms with van der Waals surface area (Å²) in [5.74, 6) is -1.31. The van der Waals surface area contributed by atoms with Crippen molar-refractivity contribution in [2.24, 2.45) is 0 Å². The first-order valence-electron chi connectivity index (χ1n) is 4.76. The number of carbonyl (C=O) groups excluding carboxylic acids is 1. The number of carboxylic acids is 1. The first-order chi connectivity index (χ1) is 7.95. The molecule has 1 aromatic rings. The molecule has 0 radical (unpaired) electrons. The number of benzene rings is 1. The number of aliphatic hydroxyl groups excluding tert-OH is 1. The highest BCUT2D eigenvalue weighted by Gasteiger charge is 2.18. The lowest BCUT2D eigenvalue weighted by atomic mass is 10.0. The van der Waals surface area contributed by atoms with Crippen molar-refractivity contribution in [2.75, 3.05) is 5.33 Å². The number of aliphatic carboxylic acids is 1. The first-order valence-corrected chi connectivity index (χ1v) is 6.33. The van der Waals surface area contributed by atoms with Crippen LogP contribution in [0.4, 0.5) is 0 Å². The predicted molar refractivity (Wildman–Crippen MR) is 68.8 cm³/mol. The lowest BCUT2D eigenvalue weighted by Crippen LogP contribution is -2.11. The van der Waals surface area contributed by atoms with Gasteiger partial charge in [0.05, 0.1) is 5.33 Å². The molecule has 0 amide bonds. The molecule has 0 aromatic heterocycles. The molecule has 1 aromatic carbocycles. The van der Waals surface area contributed by atoms with Crippen molar-refractivity contribution in [2.45, 2.75) is 17.4 Å². The second kappa shape index (κ2) is 6.18. The topological polar surface area (TPSA) is 74.6 Å². The van der Waals surface area contributed by atoms with Crippen LogP contribution in [0.2, 0.25) is 0 Å². The van der Waals surface area contributed by atoms with Gasteiger partial charge in [0.25, 0.3) is 0 Å². The van der Waals surface area contributed by atoms with E-state index in [4.69, 9.17) is 5.11 Å². The van der Waals surface area contributed by atoms with Crippen molar-refractivity contribution in [3.05, 3.63) is 29.3 Å². The average molecular weight is 319 g/mol. The van der Waals surface area contributed by atoms with Gasteiger partial charge >= 0.3 is 5.97 Å². The Balaban J connectivity index is 2.94. The second-order valence-electron chi connectivity index (χ2n) is 3.48. The van der Waals surface area contributed by atoms with E-state index in [0.717, 1.165) is 5.56 Å². The molecule has 1 rings (SSSR count). The lowest BCUT2D eigenvalue weighted by Gasteiger charge is -2.10. The minimum absolute atomic E-state index is 0.0178. The molecule has 2 N–H and O–H groups in total. The van der Waals surface area contributed by atoms with Crippen molar-refractivity contribution in [1.82, 2.24) is 0 Å². The maximum absolute atomic E-state index is 11.2. The van der Waals surface area contributed by atoms with Crippen LogP contribution >= 0.6 is 28.6 Å². The molecule has 6 heteroatoms. The fourth-order valence-electron chi connectivity index (χ4n) is 1.34. The third-order valence-corrected chi connectivity index (χ3v) is 3.19. The van der Waals surface area contributed by atoms with Gasteiger partial charge in [0, 0.05) is 16.9 Å². The van der Waals surface area contributed by atoms with Gasteiger partial charge in [-0.25, -0.2) is 4.79 Å². The molecule has 0 fully saturated rings. The number of hydrogen-bond donors (Lipinski definition) is 3. The fraction of sp³-hybridized carbons (Fsp3) is 0.273. The molecule has 0 aliphatic heterocycles. The monoisotopic (exact) mass is 318 g/mol. The van der Waals surface area contributed by atoms with E-state index >= 15 is 0 Å². The molecule has 0 heterocycles. The van der Waals surface area contributed by atoms with E-state index in [1.54, 1.807) is 12.1 Å². The minimum Gasteiger partial charge on any atom is -0.479 e. The lowest BCUT2D eigenvalue weighted by molar-refractivity contribution is -0.147. The average Bonchev–Trinajstić information content (AvgIpc) is 2.28. The molecule has 0 spiro atoms. The Kier molecular flexibility index (Phi) is 5.17. The second-order valence-corrected chi connectivity index (χ2v) is 4.53. The van der Waals surface area contributed by atoms with E-state index < -0.39 is 12.1 Å². The number of carbonyl (C=O) groups is 2. The van der Waals surface area contributed by atoms with Crippen LogP contribution in [0.25, 0.3) is 0 Å². The maximum Gasteiger partial charge on any atom is 0.337 e. The molecular formula is C11H11BrO4S. The van der Waals surface area contributed by atoms with Gasteiger partial charge in [-0.1, -0.05) is 28.1 Å². The summed E-state index contributed by atoms with van der Waals surface area (Å²) in [5, 5.41) is 18.3. The van der Waals surface area contributed by atoms with E-state index in [9.17, 15) is 14.7 Å². The van der Waals surface area contributed by atoms with Gasteiger partial charge < -0.3 is 10.2 Å². The number of carboxylic acid groups (broad SMARTS) is 1. The van der Waals surface area contributed by atoms with Gasteiger partial charge in [0.15, 0.2) is 6.10 Å². The third kappa shape index (κ3) is 3.83. The van der Waals surface area contributed by atoms with Crippen LogP contribution in [0, 0.1) is 0 Å². The summed E-state index contributed by atoms with van der Waals surface area (Å²) in [4.78, 5) is 22.2. The Bertz CT molecular complexity index is 447. The number of rotatable bonds is 5. The summed E-state index contributed by atoms with van der Waals surface area (Å²) in [6, 6.07) is 4.67. The molecule has 0 saturated heterocycles. The molecule has 4 nitrogen and oxygen atoms in total. The van der Waals surface area contributed by atoms with Gasteiger partial charge in [0.1, 0.15) is 5.78 Å². The number of hydrogen-bond acceptors (Lipinski definition) is 4. The van der Waals surface area contributed by atoms with Crippen molar-refractivity contribution in [3.63, 3.8) is 0 Å². The highest BCUT2D eigenvalue weighted by molar-refractivity contribution is 9.09. The summed E-state index contributed by atoms with van der Waals surface area (Å²) in [6.45, 7) is 0. The summed E-state index contributed by atoms with van der Waals surface area (Å²) >= 11 is 7.17. The molecule has 0 aliphatic carbocycles. The Labute approximate surface area is 112 Å². The zero-order valence-electron chi connectivity index (χ0n) is 8.76. The van der Waals surface area contributed by atoms with E-state index in [1.165, 1.54) is 6.07 Å². The number of ketones is 1. The van der Waals surface area contributed by atoms with E-state index in [0.29, 0.717) is 4.90 Å². The molecule has 0 aliphatic rings. The van der Waals surface area contributed by atoms with Crippen LogP contribution in [-0.2, 0) is 16.0 Å². The van der Waals surface area contributed by atoms with Gasteiger partial charge in [-0.15, -0.1) is 12.6 Å². The summed E-state index contributed by atoms with van der Waals surface area (Å²) in [5.41, 5.74) is 0.955. The van der Waals surface area contributed by atoms with Crippen LogP contribution in [-0.4, -0.2) is 27.3 Å². The molecule has 0 bridgehead atoms. The van der Waals surface area contributed by atoms with Crippen molar-refractivity contribution in [3.8, 4) is 0 Å². The minimum atomic E-state index is -1.59. The van der Waals surface area contributed by atoms with Gasteiger partial charge in [-0.2, -0.15) is 0 Å². The van der Waals surface area contributed by atoms with Crippen LogP contribution in [0.5, 0.6) is 0 Å². The molecule has 92 valence electrons. The highest BCUT2D eigenvalue weighted by atomic mass is 79.9. The van der Waals surface area contributed by atoms with Crippen LogP contribution in [0.1, 0.15) is 17.2 Å². The largest absolute Gasteiger partial charge is 0.479 e. The third-order valence-electron chi connectivity index (χ3n) is 2.17. The Morgan fingerprint density at radius 2 is 2.06 bits per heavy atom. The zero-order chi connectivity index (χ0) is 13.0. The zero-order valence-corrected chi connectivity index (χ0v) is 11.2. The van der Waals surface area contributed by atoms with E-state index in [-0.39, 0.29) is 23.1 Å². The quantitative estimate of drug-likeness (QED) is 0.569.